The molecule has 0 spiro atoms. The van der Waals surface area contributed by atoms with E-state index in [1.165, 1.54) is 0 Å². The molecule has 0 unspecified atom stereocenters. The molecule has 4 rings (SSSR count). The Balaban J connectivity index is 1.71. The molecular formula is C18H14N6O. The van der Waals surface area contributed by atoms with Crippen LogP contribution in [0.25, 0.3) is 16.9 Å². The second-order valence-electron chi connectivity index (χ2n) is 5.50. The summed E-state index contributed by atoms with van der Waals surface area (Å²) in [7, 11) is 0. The van der Waals surface area contributed by atoms with Crippen molar-refractivity contribution >= 4 is 17.2 Å². The van der Waals surface area contributed by atoms with Crippen LogP contribution in [0.15, 0.2) is 60.9 Å². The highest BCUT2D eigenvalue weighted by Crippen LogP contribution is 2.19. The number of aromatic nitrogens is 5. The normalized spacial score (nSPS) is 10.8. The lowest BCUT2D eigenvalue weighted by atomic mass is 10.2. The van der Waals surface area contributed by atoms with E-state index in [2.05, 4.69) is 25.6 Å². The topological polar surface area (TPSA) is 85.1 Å². The molecule has 1 amide bonds. The van der Waals surface area contributed by atoms with Crippen LogP contribution in [-0.4, -0.2) is 30.7 Å². The second-order valence-corrected chi connectivity index (χ2v) is 5.50. The summed E-state index contributed by atoms with van der Waals surface area (Å²) in [6.07, 6.45) is 3.21. The van der Waals surface area contributed by atoms with Crippen LogP contribution in [0.3, 0.4) is 0 Å². The molecule has 4 aromatic rings. The van der Waals surface area contributed by atoms with Gasteiger partial charge in [0.25, 0.3) is 5.91 Å². The molecule has 0 fully saturated rings. The van der Waals surface area contributed by atoms with E-state index < -0.39 is 0 Å². The minimum atomic E-state index is -0.350. The zero-order valence-corrected chi connectivity index (χ0v) is 13.4. The molecule has 1 N–H and O–H groups in total. The largest absolute Gasteiger partial charge is 0.319 e. The number of rotatable bonds is 3. The summed E-state index contributed by atoms with van der Waals surface area (Å²) in [6.45, 7) is 1.79. The number of hydrogen-bond donors (Lipinski definition) is 1. The highest BCUT2D eigenvalue weighted by atomic mass is 16.2. The number of pyridine rings is 1. The molecule has 122 valence electrons. The Kier molecular flexibility index (Phi) is 3.66. The molecule has 0 atom stereocenters. The van der Waals surface area contributed by atoms with Gasteiger partial charge in [0.2, 0.25) is 0 Å². The van der Waals surface area contributed by atoms with Crippen molar-refractivity contribution in [1.29, 1.82) is 0 Å². The van der Waals surface area contributed by atoms with Gasteiger partial charge in [0, 0.05) is 17.8 Å². The van der Waals surface area contributed by atoms with Crippen molar-refractivity contribution < 1.29 is 4.79 Å². The Bertz CT molecular complexity index is 1040. The Labute approximate surface area is 143 Å². The molecule has 0 aliphatic carbocycles. The Morgan fingerprint density at radius 3 is 2.68 bits per heavy atom. The Morgan fingerprint density at radius 2 is 1.92 bits per heavy atom. The molecule has 1 aromatic carbocycles. The first-order valence-corrected chi connectivity index (χ1v) is 7.72. The standard InChI is InChI=1S/C18H14N6O/c1-12-17(18(25)20-14-8-5-9-19-11-14)22-21-16-10-15(23-24(12)16)13-6-3-2-4-7-13/h2-11H,1H3,(H,20,25). The molecule has 0 aliphatic heterocycles. The van der Waals surface area contributed by atoms with E-state index in [0.29, 0.717) is 17.0 Å². The van der Waals surface area contributed by atoms with Gasteiger partial charge in [-0.2, -0.15) is 5.10 Å². The van der Waals surface area contributed by atoms with Gasteiger partial charge in [-0.25, -0.2) is 4.52 Å². The number of benzene rings is 1. The summed E-state index contributed by atoms with van der Waals surface area (Å²) in [5.74, 6) is -0.350. The first-order valence-electron chi connectivity index (χ1n) is 7.72. The van der Waals surface area contributed by atoms with Crippen LogP contribution >= 0.6 is 0 Å². The Hall–Kier alpha value is -3.61. The van der Waals surface area contributed by atoms with Crippen molar-refractivity contribution in [3.63, 3.8) is 0 Å². The number of hydrogen-bond acceptors (Lipinski definition) is 5. The first kappa shape index (κ1) is 14.9. The summed E-state index contributed by atoms with van der Waals surface area (Å²) in [6, 6.07) is 15.1. The average Bonchev–Trinajstić information content (AvgIpc) is 3.09. The van der Waals surface area contributed by atoms with Crippen LogP contribution in [0, 0.1) is 6.92 Å². The minimum Gasteiger partial charge on any atom is -0.319 e. The van der Waals surface area contributed by atoms with Crippen molar-refractivity contribution in [3.8, 4) is 11.3 Å². The number of carbonyl (C=O) groups is 1. The summed E-state index contributed by atoms with van der Waals surface area (Å²) in [5, 5.41) is 15.5. The number of nitrogens with zero attached hydrogens (tertiary/aromatic N) is 5. The van der Waals surface area contributed by atoms with Gasteiger partial charge in [0.05, 0.1) is 23.3 Å². The SMILES string of the molecule is Cc1c(C(=O)Nc2cccnc2)nnc2cc(-c3ccccc3)nn12. The molecule has 0 aliphatic rings. The first-order chi connectivity index (χ1) is 12.2. The van der Waals surface area contributed by atoms with E-state index in [4.69, 9.17) is 0 Å². The summed E-state index contributed by atoms with van der Waals surface area (Å²) < 4.78 is 1.63. The van der Waals surface area contributed by atoms with Gasteiger partial charge in [-0.1, -0.05) is 30.3 Å². The molecule has 0 saturated heterocycles. The third kappa shape index (κ3) is 2.83. The van der Waals surface area contributed by atoms with Crippen LogP contribution in [0.1, 0.15) is 16.2 Å². The Morgan fingerprint density at radius 1 is 1.08 bits per heavy atom. The molecule has 25 heavy (non-hydrogen) atoms. The lowest BCUT2D eigenvalue weighted by Crippen LogP contribution is -2.18. The van der Waals surface area contributed by atoms with E-state index in [1.54, 1.807) is 36.0 Å². The van der Waals surface area contributed by atoms with E-state index in [1.807, 2.05) is 36.4 Å². The van der Waals surface area contributed by atoms with Crippen LogP contribution in [0.4, 0.5) is 5.69 Å². The van der Waals surface area contributed by atoms with Crippen molar-refractivity contribution in [1.82, 2.24) is 24.8 Å². The summed E-state index contributed by atoms with van der Waals surface area (Å²) in [5.41, 5.74) is 3.79. The molecule has 0 radical (unpaired) electrons. The lowest BCUT2D eigenvalue weighted by Gasteiger charge is -2.06. The maximum absolute atomic E-state index is 12.5. The van der Waals surface area contributed by atoms with Crippen LogP contribution in [-0.2, 0) is 0 Å². The summed E-state index contributed by atoms with van der Waals surface area (Å²) >= 11 is 0. The maximum atomic E-state index is 12.5. The molecule has 0 saturated carbocycles. The van der Waals surface area contributed by atoms with Gasteiger partial charge in [0.1, 0.15) is 0 Å². The number of amides is 1. The van der Waals surface area contributed by atoms with Crippen molar-refractivity contribution in [2.45, 2.75) is 6.92 Å². The second kappa shape index (κ2) is 6.12. The zero-order valence-electron chi connectivity index (χ0n) is 13.4. The molecular weight excluding hydrogens is 316 g/mol. The predicted octanol–water partition coefficient (Wildman–Crippen LogP) is 2.75. The van der Waals surface area contributed by atoms with Gasteiger partial charge in [-0.15, -0.1) is 10.2 Å². The third-order valence-electron chi connectivity index (χ3n) is 3.81. The highest BCUT2D eigenvalue weighted by Gasteiger charge is 2.17. The van der Waals surface area contributed by atoms with Gasteiger partial charge in [0.15, 0.2) is 11.3 Å². The van der Waals surface area contributed by atoms with Gasteiger partial charge in [-0.05, 0) is 19.1 Å². The molecule has 3 heterocycles. The fourth-order valence-corrected chi connectivity index (χ4v) is 2.55. The molecule has 7 heteroatoms. The van der Waals surface area contributed by atoms with Crippen molar-refractivity contribution in [2.75, 3.05) is 5.32 Å². The molecule has 0 bridgehead atoms. The predicted molar refractivity (Wildman–Crippen MR) is 93.1 cm³/mol. The van der Waals surface area contributed by atoms with Crippen LogP contribution in [0.2, 0.25) is 0 Å². The minimum absolute atomic E-state index is 0.221. The lowest BCUT2D eigenvalue weighted by molar-refractivity contribution is 0.102. The monoisotopic (exact) mass is 330 g/mol. The van der Waals surface area contributed by atoms with Gasteiger partial charge < -0.3 is 5.32 Å². The van der Waals surface area contributed by atoms with Crippen LogP contribution < -0.4 is 5.32 Å². The van der Waals surface area contributed by atoms with Crippen molar-refractivity contribution in [2.24, 2.45) is 0 Å². The van der Waals surface area contributed by atoms with Gasteiger partial charge >= 0.3 is 0 Å². The van der Waals surface area contributed by atoms with Crippen LogP contribution in [0.5, 0.6) is 0 Å². The smallest absolute Gasteiger partial charge is 0.278 e. The van der Waals surface area contributed by atoms with Crippen molar-refractivity contribution in [3.05, 3.63) is 72.3 Å². The fourth-order valence-electron chi connectivity index (χ4n) is 2.55. The highest BCUT2D eigenvalue weighted by molar-refractivity contribution is 6.03. The number of fused-ring (bicyclic) bond motifs is 1. The fraction of sp³-hybridized carbons (Fsp3) is 0.0556. The maximum Gasteiger partial charge on any atom is 0.278 e. The average molecular weight is 330 g/mol. The van der Waals surface area contributed by atoms with E-state index in [-0.39, 0.29) is 11.6 Å². The van der Waals surface area contributed by atoms with E-state index in [9.17, 15) is 4.79 Å². The number of aryl methyl sites for hydroxylation is 1. The zero-order chi connectivity index (χ0) is 17.2. The third-order valence-corrected chi connectivity index (χ3v) is 3.81. The quantitative estimate of drug-likeness (QED) is 0.624. The number of nitrogens with one attached hydrogen (secondary N) is 1. The van der Waals surface area contributed by atoms with Gasteiger partial charge in [-0.3, -0.25) is 9.78 Å². The molecule has 3 aromatic heterocycles. The number of anilines is 1. The summed E-state index contributed by atoms with van der Waals surface area (Å²) in [4.78, 5) is 16.4. The van der Waals surface area contributed by atoms with E-state index in [0.717, 1.165) is 11.3 Å². The number of carbonyl (C=O) groups excluding carboxylic acids is 1. The molecule has 7 nitrogen and oxygen atoms in total. The van der Waals surface area contributed by atoms with E-state index >= 15 is 0 Å².